The minimum Gasteiger partial charge on any atom is -0.493 e. The molecule has 0 bridgehead atoms. The van der Waals surface area contributed by atoms with Gasteiger partial charge in [-0.3, -0.25) is 19.3 Å². The number of methoxy groups -OCH3 is 1. The van der Waals surface area contributed by atoms with E-state index >= 15 is 0 Å². The molecule has 1 saturated heterocycles. The Morgan fingerprint density at radius 3 is 2.61 bits per heavy atom. The molecule has 2 aromatic carbocycles. The van der Waals surface area contributed by atoms with Crippen LogP contribution in [0.2, 0.25) is 0 Å². The van der Waals surface area contributed by atoms with E-state index in [0.717, 1.165) is 4.90 Å². The second-order valence-electron chi connectivity index (χ2n) is 6.80. The molecule has 0 saturated carbocycles. The molecule has 1 aliphatic rings. The minimum atomic E-state index is -1.14. The van der Waals surface area contributed by atoms with E-state index < -0.39 is 41.5 Å². The fourth-order valence-electron chi connectivity index (χ4n) is 2.80. The molecule has 1 aliphatic heterocycles. The van der Waals surface area contributed by atoms with Gasteiger partial charge in [0.2, 0.25) is 5.91 Å². The van der Waals surface area contributed by atoms with E-state index in [1.807, 2.05) is 0 Å². The van der Waals surface area contributed by atoms with Crippen molar-refractivity contribution in [3.63, 3.8) is 0 Å². The van der Waals surface area contributed by atoms with Gasteiger partial charge >= 0.3 is 5.97 Å². The molecule has 2 N–H and O–H groups in total. The highest BCUT2D eigenvalue weighted by molar-refractivity contribution is 8.18. The number of carboxylic acid groups (broad SMARTS) is 1. The zero-order chi connectivity index (χ0) is 24.1. The molecule has 3 rings (SSSR count). The molecule has 0 aliphatic carbocycles. The Bertz CT molecular complexity index is 1150. The SMILES string of the molecule is COc1cc(/C=C2/SC(=O)N(CC(=O)Nc3ccccc3F)C2=O)ccc1OC(C)C(=O)O. The zero-order valence-corrected chi connectivity index (χ0v) is 18.3. The molecule has 1 unspecified atom stereocenters. The van der Waals surface area contributed by atoms with Crippen LogP contribution in [0.3, 0.4) is 0 Å². The summed E-state index contributed by atoms with van der Waals surface area (Å²) >= 11 is 0.655. The van der Waals surface area contributed by atoms with E-state index in [-0.39, 0.29) is 22.1 Å². The second-order valence-corrected chi connectivity index (χ2v) is 7.80. The molecule has 11 heteroatoms. The average Bonchev–Trinajstić information content (AvgIpc) is 3.03. The maximum absolute atomic E-state index is 13.7. The van der Waals surface area contributed by atoms with Crippen molar-refractivity contribution >= 4 is 46.5 Å². The van der Waals surface area contributed by atoms with Gasteiger partial charge in [0.25, 0.3) is 11.1 Å². The van der Waals surface area contributed by atoms with Crippen LogP contribution in [0, 0.1) is 5.82 Å². The number of carbonyl (C=O) groups excluding carboxylic acids is 3. The second kappa shape index (κ2) is 10.2. The fraction of sp³-hybridized carbons (Fsp3) is 0.182. The van der Waals surface area contributed by atoms with Gasteiger partial charge in [-0.1, -0.05) is 18.2 Å². The molecule has 0 radical (unpaired) electrons. The summed E-state index contributed by atoms with van der Waals surface area (Å²) in [6.45, 7) is 0.799. The maximum Gasteiger partial charge on any atom is 0.344 e. The Balaban J connectivity index is 1.73. The van der Waals surface area contributed by atoms with Gasteiger partial charge in [-0.05, 0) is 54.6 Å². The molecule has 0 aromatic heterocycles. The molecule has 172 valence electrons. The van der Waals surface area contributed by atoms with Crippen molar-refractivity contribution in [1.82, 2.24) is 4.90 Å². The number of aliphatic carboxylic acids is 1. The smallest absolute Gasteiger partial charge is 0.344 e. The number of hydrogen-bond donors (Lipinski definition) is 2. The first-order valence-electron chi connectivity index (χ1n) is 9.57. The van der Waals surface area contributed by atoms with E-state index in [2.05, 4.69) is 5.32 Å². The summed E-state index contributed by atoms with van der Waals surface area (Å²) in [6.07, 6.45) is 0.337. The van der Waals surface area contributed by atoms with Crippen molar-refractivity contribution in [3.05, 3.63) is 58.8 Å². The molecule has 1 heterocycles. The number of imide groups is 1. The summed E-state index contributed by atoms with van der Waals surface area (Å²) < 4.78 is 24.2. The number of para-hydroxylation sites is 1. The number of ether oxygens (including phenoxy) is 2. The number of benzene rings is 2. The van der Waals surface area contributed by atoms with E-state index in [9.17, 15) is 23.6 Å². The Labute approximate surface area is 192 Å². The first kappa shape index (κ1) is 23.8. The van der Waals surface area contributed by atoms with E-state index in [0.29, 0.717) is 17.3 Å². The van der Waals surface area contributed by atoms with Gasteiger partial charge in [-0.15, -0.1) is 0 Å². The molecule has 0 spiro atoms. The third kappa shape index (κ3) is 5.69. The number of nitrogens with one attached hydrogen (secondary N) is 1. The lowest BCUT2D eigenvalue weighted by Gasteiger charge is -2.14. The Hall–Kier alpha value is -3.86. The van der Waals surface area contributed by atoms with Crippen LogP contribution in [-0.4, -0.2) is 52.8 Å². The van der Waals surface area contributed by atoms with Crippen LogP contribution in [0.25, 0.3) is 6.08 Å². The van der Waals surface area contributed by atoms with Crippen LogP contribution < -0.4 is 14.8 Å². The predicted molar refractivity (Wildman–Crippen MR) is 118 cm³/mol. The van der Waals surface area contributed by atoms with E-state index in [4.69, 9.17) is 14.6 Å². The molecular weight excluding hydrogens is 455 g/mol. The zero-order valence-electron chi connectivity index (χ0n) is 17.5. The van der Waals surface area contributed by atoms with Crippen LogP contribution in [0.1, 0.15) is 12.5 Å². The summed E-state index contributed by atoms with van der Waals surface area (Å²) in [6, 6.07) is 10.1. The summed E-state index contributed by atoms with van der Waals surface area (Å²) in [5.74, 6) is -2.75. The largest absolute Gasteiger partial charge is 0.493 e. The number of carbonyl (C=O) groups is 4. The van der Waals surface area contributed by atoms with Crippen molar-refractivity contribution in [3.8, 4) is 11.5 Å². The monoisotopic (exact) mass is 474 g/mol. The van der Waals surface area contributed by atoms with Gasteiger partial charge in [0.15, 0.2) is 17.6 Å². The molecule has 2 aromatic rings. The van der Waals surface area contributed by atoms with Gasteiger partial charge in [0.1, 0.15) is 12.4 Å². The van der Waals surface area contributed by atoms with Crippen LogP contribution in [-0.2, 0) is 14.4 Å². The average molecular weight is 474 g/mol. The fourth-order valence-corrected chi connectivity index (χ4v) is 3.63. The van der Waals surface area contributed by atoms with Crippen LogP contribution >= 0.6 is 11.8 Å². The number of amides is 3. The molecule has 1 atom stereocenters. The van der Waals surface area contributed by atoms with Crippen molar-refractivity contribution in [1.29, 1.82) is 0 Å². The normalized spacial score (nSPS) is 15.5. The lowest BCUT2D eigenvalue weighted by Crippen LogP contribution is -2.36. The van der Waals surface area contributed by atoms with Crippen molar-refractivity contribution < 1.29 is 38.1 Å². The van der Waals surface area contributed by atoms with Gasteiger partial charge < -0.3 is 19.9 Å². The van der Waals surface area contributed by atoms with Crippen molar-refractivity contribution in [2.24, 2.45) is 0 Å². The number of halogens is 1. The molecule has 9 nitrogen and oxygen atoms in total. The first-order valence-corrected chi connectivity index (χ1v) is 10.4. The van der Waals surface area contributed by atoms with Crippen LogP contribution in [0.4, 0.5) is 14.9 Å². The van der Waals surface area contributed by atoms with Crippen LogP contribution in [0.5, 0.6) is 11.5 Å². The lowest BCUT2D eigenvalue weighted by atomic mass is 10.1. The molecule has 1 fully saturated rings. The topological polar surface area (TPSA) is 122 Å². The van der Waals surface area contributed by atoms with Crippen LogP contribution in [0.15, 0.2) is 47.4 Å². The van der Waals surface area contributed by atoms with Gasteiger partial charge in [-0.25, -0.2) is 9.18 Å². The van der Waals surface area contributed by atoms with Gasteiger partial charge in [-0.2, -0.15) is 0 Å². The highest BCUT2D eigenvalue weighted by Crippen LogP contribution is 2.34. The maximum atomic E-state index is 13.7. The predicted octanol–water partition coefficient (Wildman–Crippen LogP) is 3.36. The van der Waals surface area contributed by atoms with Gasteiger partial charge in [0, 0.05) is 0 Å². The summed E-state index contributed by atoms with van der Waals surface area (Å²) in [5, 5.41) is 10.7. The Kier molecular flexibility index (Phi) is 7.34. The molecule has 33 heavy (non-hydrogen) atoms. The summed E-state index contributed by atoms with van der Waals surface area (Å²) in [7, 11) is 1.37. The minimum absolute atomic E-state index is 0.0587. The highest BCUT2D eigenvalue weighted by atomic mass is 32.2. The number of carboxylic acids is 1. The number of anilines is 1. The standard InChI is InChI=1S/C22H19FN2O7S/c1-12(21(28)29)32-16-8-7-13(9-17(16)31-2)10-18-20(27)25(22(30)33-18)11-19(26)24-15-6-4-3-5-14(15)23/h3-10,12H,11H2,1-2H3,(H,24,26)(H,28,29)/b18-10+. The number of hydrogen-bond acceptors (Lipinski definition) is 7. The third-order valence-electron chi connectivity index (χ3n) is 4.46. The summed E-state index contributed by atoms with van der Waals surface area (Å²) in [4.78, 5) is 49.0. The van der Waals surface area contributed by atoms with Gasteiger partial charge in [0.05, 0.1) is 17.7 Å². The Morgan fingerprint density at radius 1 is 1.21 bits per heavy atom. The lowest BCUT2D eigenvalue weighted by molar-refractivity contribution is -0.144. The van der Waals surface area contributed by atoms with E-state index in [1.54, 1.807) is 6.07 Å². The highest BCUT2D eigenvalue weighted by Gasteiger charge is 2.36. The van der Waals surface area contributed by atoms with Crippen molar-refractivity contribution in [2.75, 3.05) is 19.0 Å². The Morgan fingerprint density at radius 2 is 1.94 bits per heavy atom. The molecular formula is C22H19FN2O7S. The number of rotatable bonds is 8. The first-order chi connectivity index (χ1) is 15.7. The summed E-state index contributed by atoms with van der Waals surface area (Å²) in [5.41, 5.74) is 0.431. The van der Waals surface area contributed by atoms with Crippen molar-refractivity contribution in [2.45, 2.75) is 13.0 Å². The quantitative estimate of drug-likeness (QED) is 0.559. The molecule has 3 amide bonds. The third-order valence-corrected chi connectivity index (χ3v) is 5.37. The van der Waals surface area contributed by atoms with E-state index in [1.165, 1.54) is 56.5 Å². The number of nitrogens with zero attached hydrogens (tertiary/aromatic N) is 1. The number of thioether (sulfide) groups is 1.